The van der Waals surface area contributed by atoms with Crippen molar-refractivity contribution in [3.8, 4) is 22.9 Å². The summed E-state index contributed by atoms with van der Waals surface area (Å²) in [4.78, 5) is 11.9. The smallest absolute Gasteiger partial charge is 0.483 e. The molecule has 0 saturated heterocycles. The van der Waals surface area contributed by atoms with Crippen molar-refractivity contribution in [2.45, 2.75) is 69.8 Å². The van der Waals surface area contributed by atoms with Crippen molar-refractivity contribution in [3.05, 3.63) is 64.7 Å². The minimum atomic E-state index is -4.78. The lowest BCUT2D eigenvalue weighted by Gasteiger charge is -2.65. The van der Waals surface area contributed by atoms with Gasteiger partial charge in [0.25, 0.3) is 0 Å². The molecule has 2 heterocycles. The van der Waals surface area contributed by atoms with E-state index < -0.39 is 53.7 Å². The first-order valence-electron chi connectivity index (χ1n) is 13.7. The van der Waals surface area contributed by atoms with Crippen molar-refractivity contribution in [1.29, 1.82) is 0 Å². The second-order valence-electron chi connectivity index (χ2n) is 11.4. The van der Waals surface area contributed by atoms with Crippen LogP contribution in [0.1, 0.15) is 67.3 Å². The SMILES string of the molecule is C[C@H](Oc1cc(-n2nc(C(F)(F)F)c3c2[C@H](OC2C4CC2(C(=O)O)C4)CCC3)ccc1F)c1ccc2c(c1)OC(F)(F)O2. The number of ether oxygens (including phenoxy) is 4. The Morgan fingerprint density at radius 2 is 1.88 bits per heavy atom. The number of hydrogen-bond acceptors (Lipinski definition) is 6. The first-order chi connectivity index (χ1) is 20.3. The molecule has 8 rings (SSSR count). The Bertz CT molecular complexity index is 1630. The van der Waals surface area contributed by atoms with E-state index in [2.05, 4.69) is 14.6 Å². The highest BCUT2D eigenvalue weighted by molar-refractivity contribution is 5.80. The van der Waals surface area contributed by atoms with E-state index in [0.717, 1.165) is 10.7 Å². The van der Waals surface area contributed by atoms with Crippen molar-refractivity contribution in [1.82, 2.24) is 9.78 Å². The second kappa shape index (κ2) is 9.28. The molecular weight excluding hydrogens is 586 g/mol. The average molecular weight is 611 g/mol. The van der Waals surface area contributed by atoms with Gasteiger partial charge in [-0.15, -0.1) is 8.78 Å². The summed E-state index contributed by atoms with van der Waals surface area (Å²) in [6, 6.07) is 7.44. The quantitative estimate of drug-likeness (QED) is 0.296. The first-order valence-corrected chi connectivity index (χ1v) is 13.7. The summed E-state index contributed by atoms with van der Waals surface area (Å²) in [5.41, 5.74) is -1.58. The number of aliphatic carboxylic acids is 1. The van der Waals surface area contributed by atoms with Gasteiger partial charge in [0.1, 0.15) is 12.2 Å². The zero-order valence-electron chi connectivity index (χ0n) is 22.5. The molecular formula is C29H24F6N2O6. The third-order valence-electron chi connectivity index (χ3n) is 8.81. The van der Waals surface area contributed by atoms with Gasteiger partial charge in [0.2, 0.25) is 0 Å². The fourth-order valence-electron chi connectivity index (χ4n) is 6.56. The molecule has 14 heteroatoms. The van der Waals surface area contributed by atoms with E-state index in [1.807, 2.05) is 0 Å². The number of nitrogens with zero attached hydrogens (tertiary/aromatic N) is 2. The topological polar surface area (TPSA) is 92.0 Å². The molecule has 5 aliphatic rings. The van der Waals surface area contributed by atoms with E-state index in [1.165, 1.54) is 37.3 Å². The standard InChI is InChI=1S/C29H24F6N2O6/c1-13(14-5-8-19-22(9-14)43-29(34,35)42-19)40-21-10-16(6-7-18(21)30)37-23-17(24(36-37)28(31,32)33)3-2-4-20(23)41-25-15-11-27(25,12-15)26(38)39/h5-10,13,15,20,25H,2-4,11-12H2,1H3,(H,38,39)/t13-,15?,20+,25?,27?/m0/s1. The van der Waals surface area contributed by atoms with Crippen molar-refractivity contribution in [3.63, 3.8) is 0 Å². The molecule has 3 fully saturated rings. The highest BCUT2D eigenvalue weighted by Crippen LogP contribution is 2.67. The van der Waals surface area contributed by atoms with Crippen LogP contribution >= 0.6 is 0 Å². The third-order valence-corrected chi connectivity index (χ3v) is 8.81. The molecule has 1 N–H and O–H groups in total. The van der Waals surface area contributed by atoms with E-state index in [1.54, 1.807) is 0 Å². The van der Waals surface area contributed by atoms with Gasteiger partial charge in [-0.25, -0.2) is 9.07 Å². The van der Waals surface area contributed by atoms with Gasteiger partial charge < -0.3 is 24.1 Å². The molecule has 4 aliphatic carbocycles. The van der Waals surface area contributed by atoms with Gasteiger partial charge in [0.05, 0.1) is 22.9 Å². The fraction of sp³-hybridized carbons (Fsp3) is 0.448. The number of carboxylic acid groups (broad SMARTS) is 1. The van der Waals surface area contributed by atoms with Crippen molar-refractivity contribution >= 4 is 5.97 Å². The number of aromatic nitrogens is 2. The molecule has 3 aromatic rings. The molecule has 0 spiro atoms. The van der Waals surface area contributed by atoms with E-state index in [9.17, 15) is 36.2 Å². The molecule has 8 nitrogen and oxygen atoms in total. The van der Waals surface area contributed by atoms with Crippen LogP contribution in [-0.4, -0.2) is 33.3 Å². The Balaban J connectivity index is 1.21. The summed E-state index contributed by atoms with van der Waals surface area (Å²) < 4.78 is 106. The Hall–Kier alpha value is -3.94. The summed E-state index contributed by atoms with van der Waals surface area (Å²) in [5.74, 6) is -2.48. The summed E-state index contributed by atoms with van der Waals surface area (Å²) in [6.45, 7) is 1.53. The number of benzene rings is 2. The highest BCUT2D eigenvalue weighted by atomic mass is 19.4. The molecule has 3 saturated carbocycles. The summed E-state index contributed by atoms with van der Waals surface area (Å²) in [5, 5.41) is 13.6. The van der Waals surface area contributed by atoms with Crippen LogP contribution in [0, 0.1) is 17.2 Å². The molecule has 43 heavy (non-hydrogen) atoms. The average Bonchev–Trinajstić information content (AvgIpc) is 3.43. The Labute approximate surface area is 240 Å². The van der Waals surface area contributed by atoms with Crippen LogP contribution in [0.4, 0.5) is 26.3 Å². The van der Waals surface area contributed by atoms with Gasteiger partial charge in [0, 0.05) is 11.6 Å². The monoisotopic (exact) mass is 610 g/mol. The lowest BCUT2D eigenvalue weighted by molar-refractivity contribution is -0.286. The maximum absolute atomic E-state index is 14.9. The highest BCUT2D eigenvalue weighted by Gasteiger charge is 2.71. The predicted molar refractivity (Wildman–Crippen MR) is 134 cm³/mol. The third kappa shape index (κ3) is 4.40. The van der Waals surface area contributed by atoms with E-state index in [-0.39, 0.29) is 46.5 Å². The largest absolute Gasteiger partial charge is 0.586 e. The number of hydrogen-bond donors (Lipinski definition) is 1. The van der Waals surface area contributed by atoms with Crippen LogP contribution in [0.2, 0.25) is 0 Å². The number of halogens is 6. The molecule has 1 unspecified atom stereocenters. The number of carboxylic acids is 1. The molecule has 3 atom stereocenters. The maximum Gasteiger partial charge on any atom is 0.586 e. The molecule has 0 radical (unpaired) electrons. The van der Waals surface area contributed by atoms with Gasteiger partial charge in [-0.05, 0) is 74.8 Å². The van der Waals surface area contributed by atoms with Crippen LogP contribution in [-0.2, 0) is 22.1 Å². The zero-order valence-corrected chi connectivity index (χ0v) is 22.5. The molecule has 2 aromatic carbocycles. The summed E-state index contributed by atoms with van der Waals surface area (Å²) in [6.07, 6.45) is -9.15. The molecule has 1 aromatic heterocycles. The molecule has 0 amide bonds. The maximum atomic E-state index is 14.9. The number of fused-ring (bicyclic) bond motifs is 2. The Morgan fingerprint density at radius 3 is 2.56 bits per heavy atom. The van der Waals surface area contributed by atoms with Gasteiger partial charge >= 0.3 is 18.4 Å². The van der Waals surface area contributed by atoms with Crippen LogP contribution in [0.25, 0.3) is 5.69 Å². The number of alkyl halides is 5. The molecule has 228 valence electrons. The van der Waals surface area contributed by atoms with E-state index in [4.69, 9.17) is 9.47 Å². The van der Waals surface area contributed by atoms with Crippen molar-refractivity contribution in [2.75, 3.05) is 0 Å². The van der Waals surface area contributed by atoms with Crippen LogP contribution in [0.5, 0.6) is 17.2 Å². The summed E-state index contributed by atoms with van der Waals surface area (Å²) >= 11 is 0. The van der Waals surface area contributed by atoms with Gasteiger partial charge in [0.15, 0.2) is 28.8 Å². The molecule has 1 aliphatic heterocycles. The van der Waals surface area contributed by atoms with E-state index in [0.29, 0.717) is 31.2 Å². The first kappa shape index (κ1) is 27.9. The fourth-order valence-corrected chi connectivity index (χ4v) is 6.56. The van der Waals surface area contributed by atoms with E-state index >= 15 is 0 Å². The number of carbonyl (C=O) groups is 1. The Kier molecular flexibility index (Phi) is 6.01. The van der Waals surface area contributed by atoms with Gasteiger partial charge in [-0.2, -0.15) is 18.3 Å². The normalized spacial score (nSPS) is 27.1. The van der Waals surface area contributed by atoms with Crippen LogP contribution < -0.4 is 14.2 Å². The lowest BCUT2D eigenvalue weighted by atomic mass is 9.42. The Morgan fingerprint density at radius 1 is 1.14 bits per heavy atom. The van der Waals surface area contributed by atoms with Crippen molar-refractivity contribution in [2.24, 2.45) is 11.3 Å². The minimum absolute atomic E-state index is 0.0367. The minimum Gasteiger partial charge on any atom is -0.483 e. The van der Waals surface area contributed by atoms with Gasteiger partial charge in [-0.1, -0.05) is 6.07 Å². The number of rotatable bonds is 7. The second-order valence-corrected chi connectivity index (χ2v) is 11.4. The van der Waals surface area contributed by atoms with Crippen LogP contribution in [0.3, 0.4) is 0 Å². The van der Waals surface area contributed by atoms with Crippen LogP contribution in [0.15, 0.2) is 36.4 Å². The van der Waals surface area contributed by atoms with Gasteiger partial charge in [-0.3, -0.25) is 4.79 Å². The lowest BCUT2D eigenvalue weighted by Crippen LogP contribution is -2.70. The molecule has 2 bridgehead atoms. The van der Waals surface area contributed by atoms with Crippen molar-refractivity contribution < 1.29 is 55.2 Å². The summed E-state index contributed by atoms with van der Waals surface area (Å²) in [7, 11) is 0. The zero-order chi connectivity index (χ0) is 30.5. The predicted octanol–water partition coefficient (Wildman–Crippen LogP) is 6.75.